The van der Waals surface area contributed by atoms with E-state index in [1.54, 1.807) is 6.07 Å². The summed E-state index contributed by atoms with van der Waals surface area (Å²) in [5, 5.41) is 16.6. The molecule has 2 unspecified atom stereocenters. The van der Waals surface area contributed by atoms with E-state index in [4.69, 9.17) is 10.00 Å². The summed E-state index contributed by atoms with van der Waals surface area (Å²) >= 11 is 0. The maximum Gasteiger partial charge on any atom is 0.245 e. The number of nitriles is 1. The molecule has 0 spiro atoms. The SMILES string of the molecule is CC1(F)C2(O)CC(=O)c3c(Oc4cc(F)cc(C#N)c4)ccc(c32)S1(=O)=O. The quantitative estimate of drug-likeness (QED) is 0.844. The molecule has 2 atom stereocenters. The van der Waals surface area contributed by atoms with Crippen LogP contribution in [0.3, 0.4) is 0 Å². The standard InChI is InChI=1S/C18H11F2NO5S/c1-17(20)18(23)7-12(22)15-13(2-3-14(16(15)18)27(17,24)25)26-11-5-9(8-21)4-10(19)6-11/h2-6,23H,7H2,1H3. The lowest BCUT2D eigenvalue weighted by Gasteiger charge is -2.28. The van der Waals surface area contributed by atoms with Crippen molar-refractivity contribution >= 4 is 15.6 Å². The maximum absolute atomic E-state index is 15.0. The second-order valence-corrected chi connectivity index (χ2v) is 8.80. The molecular weight excluding hydrogens is 380 g/mol. The molecule has 138 valence electrons. The average molecular weight is 391 g/mol. The fraction of sp³-hybridized carbons (Fsp3) is 0.222. The van der Waals surface area contributed by atoms with Crippen molar-refractivity contribution in [1.82, 2.24) is 0 Å². The topological polar surface area (TPSA) is 104 Å². The van der Waals surface area contributed by atoms with Crippen LogP contribution in [0.15, 0.2) is 35.2 Å². The van der Waals surface area contributed by atoms with Crippen LogP contribution in [0.5, 0.6) is 11.5 Å². The molecule has 4 rings (SSSR count). The van der Waals surface area contributed by atoms with E-state index in [1.165, 1.54) is 6.07 Å². The van der Waals surface area contributed by atoms with E-state index >= 15 is 4.39 Å². The molecule has 1 N–H and O–H groups in total. The van der Waals surface area contributed by atoms with Gasteiger partial charge in [-0.3, -0.25) is 4.79 Å². The molecular formula is C18H11F2NO5S. The molecule has 2 aromatic rings. The van der Waals surface area contributed by atoms with E-state index in [2.05, 4.69) is 0 Å². The monoisotopic (exact) mass is 391 g/mol. The number of Topliss-reactive ketones (excluding diaryl/α,β-unsaturated/α-hetero) is 1. The van der Waals surface area contributed by atoms with Crippen molar-refractivity contribution in [2.45, 2.75) is 28.8 Å². The minimum atomic E-state index is -4.52. The molecule has 0 saturated carbocycles. The number of nitrogens with zero attached hydrogens (tertiary/aromatic N) is 1. The van der Waals surface area contributed by atoms with E-state index in [0.717, 1.165) is 31.2 Å². The van der Waals surface area contributed by atoms with Crippen LogP contribution in [0.4, 0.5) is 8.78 Å². The fourth-order valence-electron chi connectivity index (χ4n) is 3.59. The van der Waals surface area contributed by atoms with Gasteiger partial charge in [0.05, 0.1) is 22.1 Å². The Bertz CT molecular complexity index is 1180. The molecule has 9 heteroatoms. The zero-order valence-electron chi connectivity index (χ0n) is 13.8. The molecule has 1 aliphatic heterocycles. The normalized spacial score (nSPS) is 27.3. The van der Waals surface area contributed by atoms with Gasteiger partial charge in [-0.05, 0) is 31.2 Å². The van der Waals surface area contributed by atoms with E-state index in [0.29, 0.717) is 0 Å². The van der Waals surface area contributed by atoms with Crippen LogP contribution in [-0.2, 0) is 15.4 Å². The summed E-state index contributed by atoms with van der Waals surface area (Å²) in [7, 11) is -4.52. The highest BCUT2D eigenvalue weighted by Crippen LogP contribution is 2.60. The number of ketones is 1. The summed E-state index contributed by atoms with van der Waals surface area (Å²) in [6.45, 7) is 0.719. The Balaban J connectivity index is 1.93. The molecule has 27 heavy (non-hydrogen) atoms. The first-order valence-corrected chi connectivity index (χ1v) is 9.26. The van der Waals surface area contributed by atoms with Crippen molar-refractivity contribution < 1.29 is 31.8 Å². The molecule has 0 aromatic heterocycles. The summed E-state index contributed by atoms with van der Waals surface area (Å²) in [5.74, 6) is -1.70. The fourth-order valence-corrected chi connectivity index (χ4v) is 5.41. The second-order valence-electron chi connectivity index (χ2n) is 6.58. The number of hydrogen-bond acceptors (Lipinski definition) is 6. The van der Waals surface area contributed by atoms with Gasteiger partial charge in [-0.2, -0.15) is 5.26 Å². The molecule has 6 nitrogen and oxygen atoms in total. The van der Waals surface area contributed by atoms with E-state index in [-0.39, 0.29) is 28.2 Å². The minimum Gasteiger partial charge on any atom is -0.456 e. The van der Waals surface area contributed by atoms with Gasteiger partial charge >= 0.3 is 0 Å². The number of ether oxygens (including phenoxy) is 1. The number of sulfone groups is 1. The van der Waals surface area contributed by atoms with Crippen LogP contribution in [0.2, 0.25) is 0 Å². The van der Waals surface area contributed by atoms with Crippen molar-refractivity contribution in [3.8, 4) is 17.6 Å². The molecule has 2 aliphatic rings. The van der Waals surface area contributed by atoms with Gasteiger partial charge < -0.3 is 9.84 Å². The molecule has 0 saturated heterocycles. The van der Waals surface area contributed by atoms with Gasteiger partial charge in [-0.25, -0.2) is 17.2 Å². The summed E-state index contributed by atoms with van der Waals surface area (Å²) in [6, 6.07) is 7.13. The average Bonchev–Trinajstić information content (AvgIpc) is 2.92. The van der Waals surface area contributed by atoms with Gasteiger partial charge in [0.2, 0.25) is 14.8 Å². The maximum atomic E-state index is 15.0. The highest BCUT2D eigenvalue weighted by Gasteiger charge is 2.70. The first kappa shape index (κ1) is 17.6. The Labute approximate surface area is 152 Å². The number of halogens is 2. The predicted molar refractivity (Wildman–Crippen MR) is 87.2 cm³/mol. The van der Waals surface area contributed by atoms with Crippen molar-refractivity contribution in [3.05, 3.63) is 52.8 Å². The van der Waals surface area contributed by atoms with Crippen LogP contribution < -0.4 is 4.74 Å². The van der Waals surface area contributed by atoms with E-state index in [9.17, 15) is 22.7 Å². The molecule has 2 aromatic carbocycles. The van der Waals surface area contributed by atoms with Crippen molar-refractivity contribution in [3.63, 3.8) is 0 Å². The Morgan fingerprint density at radius 3 is 2.67 bits per heavy atom. The molecule has 0 amide bonds. The smallest absolute Gasteiger partial charge is 0.245 e. The van der Waals surface area contributed by atoms with Crippen LogP contribution in [0.25, 0.3) is 0 Å². The summed E-state index contributed by atoms with van der Waals surface area (Å²) in [4.78, 5) is 12.0. The van der Waals surface area contributed by atoms with Crippen molar-refractivity contribution in [2.24, 2.45) is 0 Å². The number of carbonyl (C=O) groups excluding carboxylic acids is 1. The van der Waals surface area contributed by atoms with Crippen LogP contribution in [-0.4, -0.2) is 24.3 Å². The number of hydrogen-bond donors (Lipinski definition) is 1. The van der Waals surface area contributed by atoms with E-state index < -0.39 is 43.4 Å². The lowest BCUT2D eigenvalue weighted by molar-refractivity contribution is -0.0457. The van der Waals surface area contributed by atoms with Gasteiger partial charge in [0.25, 0.3) is 0 Å². The zero-order valence-corrected chi connectivity index (χ0v) is 14.6. The lowest BCUT2D eigenvalue weighted by atomic mass is 9.91. The van der Waals surface area contributed by atoms with Crippen LogP contribution in [0, 0.1) is 17.1 Å². The van der Waals surface area contributed by atoms with E-state index in [1.807, 2.05) is 0 Å². The van der Waals surface area contributed by atoms with Crippen LogP contribution >= 0.6 is 0 Å². The first-order valence-electron chi connectivity index (χ1n) is 7.78. The van der Waals surface area contributed by atoms with Gasteiger partial charge in [0.15, 0.2) is 5.78 Å². The van der Waals surface area contributed by atoms with Crippen molar-refractivity contribution in [1.29, 1.82) is 5.26 Å². The summed E-state index contributed by atoms with van der Waals surface area (Å²) in [6.07, 6.45) is -0.755. The second kappa shape index (κ2) is 5.12. The molecule has 0 fully saturated rings. The number of alkyl halides is 1. The zero-order chi connectivity index (χ0) is 19.8. The first-order chi connectivity index (χ1) is 12.5. The molecule has 0 bridgehead atoms. The number of rotatable bonds is 2. The van der Waals surface area contributed by atoms with Crippen molar-refractivity contribution in [2.75, 3.05) is 0 Å². The Morgan fingerprint density at radius 1 is 1.30 bits per heavy atom. The Kier molecular flexibility index (Phi) is 3.33. The highest BCUT2D eigenvalue weighted by molar-refractivity contribution is 7.93. The van der Waals surface area contributed by atoms with Gasteiger partial charge in [0, 0.05) is 18.1 Å². The molecule has 1 heterocycles. The number of carbonyl (C=O) groups is 1. The molecule has 0 radical (unpaired) electrons. The summed E-state index contributed by atoms with van der Waals surface area (Å²) < 4.78 is 59.0. The van der Waals surface area contributed by atoms with Gasteiger partial charge in [-0.15, -0.1) is 0 Å². The van der Waals surface area contributed by atoms with Gasteiger partial charge in [0.1, 0.15) is 22.9 Å². The Hall–Kier alpha value is -2.83. The third-order valence-electron chi connectivity index (χ3n) is 5.00. The number of benzene rings is 2. The third kappa shape index (κ3) is 2.05. The Morgan fingerprint density at radius 2 is 2.00 bits per heavy atom. The number of aliphatic hydroxyl groups is 1. The largest absolute Gasteiger partial charge is 0.456 e. The van der Waals surface area contributed by atoms with Crippen LogP contribution in [0.1, 0.15) is 34.8 Å². The highest BCUT2D eigenvalue weighted by atomic mass is 32.2. The predicted octanol–water partition coefficient (Wildman–Crippen LogP) is 2.74. The third-order valence-corrected chi connectivity index (χ3v) is 7.27. The summed E-state index contributed by atoms with van der Waals surface area (Å²) in [5.41, 5.74) is -3.15. The molecule has 1 aliphatic carbocycles. The van der Waals surface area contributed by atoms with Gasteiger partial charge in [-0.1, -0.05) is 0 Å². The lowest BCUT2D eigenvalue weighted by Crippen LogP contribution is -2.45. The minimum absolute atomic E-state index is 0.0238.